The Morgan fingerprint density at radius 2 is 1.90 bits per heavy atom. The molecule has 1 fully saturated rings. The fraction of sp³-hybridized carbons (Fsp3) is 0.583. The molecule has 0 unspecified atom stereocenters. The van der Waals surface area contributed by atoms with E-state index >= 15 is 0 Å². The topological polar surface area (TPSA) is 107 Å². The summed E-state index contributed by atoms with van der Waals surface area (Å²) >= 11 is 0.526. The first-order chi connectivity index (χ1) is 17.9. The van der Waals surface area contributed by atoms with Crippen molar-refractivity contribution in [1.29, 1.82) is 0 Å². The molecule has 1 saturated heterocycles. The Hall–Kier alpha value is -2.94. The average Bonchev–Trinajstić information content (AvgIpc) is 3.45. The number of nitrogens with zero attached hydrogens (tertiary/aromatic N) is 3. The van der Waals surface area contributed by atoms with Crippen LogP contribution in [0.5, 0.6) is 0 Å². The van der Waals surface area contributed by atoms with Crippen LogP contribution in [0.1, 0.15) is 72.8 Å². The molecule has 2 amide bonds. The van der Waals surface area contributed by atoms with E-state index in [-0.39, 0.29) is 22.5 Å². The predicted molar refractivity (Wildman–Crippen MR) is 132 cm³/mol. The second-order valence-electron chi connectivity index (χ2n) is 9.94. The molecular weight excluding hydrogens is 552 g/mol. The van der Waals surface area contributed by atoms with E-state index in [1.54, 1.807) is 6.92 Å². The highest BCUT2D eigenvalue weighted by Crippen LogP contribution is 2.42. The molecule has 3 rings (SSSR count). The fourth-order valence-corrected chi connectivity index (χ4v) is 5.03. The van der Waals surface area contributed by atoms with Crippen LogP contribution in [0.4, 0.5) is 32.2 Å². The van der Waals surface area contributed by atoms with E-state index in [1.807, 2.05) is 5.32 Å². The second kappa shape index (κ2) is 11.3. The third-order valence-electron chi connectivity index (χ3n) is 6.10. The van der Waals surface area contributed by atoms with Crippen LogP contribution in [0.2, 0.25) is 0 Å². The van der Waals surface area contributed by atoms with Gasteiger partial charge in [0.05, 0.1) is 16.0 Å². The van der Waals surface area contributed by atoms with Gasteiger partial charge in [-0.05, 0) is 46.1 Å². The number of halogens is 6. The summed E-state index contributed by atoms with van der Waals surface area (Å²) < 4.78 is 82.2. The van der Waals surface area contributed by atoms with Gasteiger partial charge in [-0.2, -0.15) is 26.3 Å². The molecule has 15 heteroatoms. The Morgan fingerprint density at radius 1 is 1.23 bits per heavy atom. The normalized spacial score (nSPS) is 17.3. The SMILES string of the molecule is CC[C@@H](Nc1cc(C(F)(F)F)c(-c2sc(C(=O)NCC(C)(C)O)nc2C(=O)N2CCC[C@@H]2C)cn1)C(F)(F)F. The van der Waals surface area contributed by atoms with E-state index in [0.717, 1.165) is 6.20 Å². The molecule has 0 aliphatic carbocycles. The number of nitrogens with one attached hydrogen (secondary N) is 2. The van der Waals surface area contributed by atoms with Gasteiger partial charge in [0.25, 0.3) is 11.8 Å². The lowest BCUT2D eigenvalue weighted by molar-refractivity contribution is -0.142. The Morgan fingerprint density at radius 3 is 2.41 bits per heavy atom. The van der Waals surface area contributed by atoms with E-state index < -0.39 is 64.9 Å². The zero-order chi connectivity index (χ0) is 29.3. The highest BCUT2D eigenvalue weighted by molar-refractivity contribution is 7.17. The summed E-state index contributed by atoms with van der Waals surface area (Å²) in [6, 6.07) is -1.88. The lowest BCUT2D eigenvalue weighted by Gasteiger charge is -2.22. The van der Waals surface area contributed by atoms with Crippen LogP contribution in [0, 0.1) is 0 Å². The number of thiazole rings is 1. The van der Waals surface area contributed by atoms with Gasteiger partial charge in [-0.15, -0.1) is 11.3 Å². The minimum Gasteiger partial charge on any atom is -0.389 e. The van der Waals surface area contributed by atoms with E-state index in [4.69, 9.17) is 0 Å². The average molecular weight is 582 g/mol. The minimum atomic E-state index is -5.04. The largest absolute Gasteiger partial charge is 0.417 e. The summed E-state index contributed by atoms with van der Waals surface area (Å²) in [6.45, 7) is 6.03. The summed E-state index contributed by atoms with van der Waals surface area (Å²) in [5.41, 5.74) is -3.62. The number of carbonyl (C=O) groups is 2. The van der Waals surface area contributed by atoms with E-state index in [2.05, 4.69) is 15.3 Å². The number of rotatable bonds is 8. The van der Waals surface area contributed by atoms with Crippen molar-refractivity contribution in [3.8, 4) is 10.4 Å². The van der Waals surface area contributed by atoms with Gasteiger partial charge >= 0.3 is 12.4 Å². The van der Waals surface area contributed by atoms with Crippen LogP contribution < -0.4 is 10.6 Å². The lowest BCUT2D eigenvalue weighted by Crippen LogP contribution is -2.38. The van der Waals surface area contributed by atoms with Gasteiger partial charge in [0.1, 0.15) is 17.6 Å². The van der Waals surface area contributed by atoms with Crippen LogP contribution in [-0.4, -0.2) is 68.7 Å². The molecule has 2 atom stereocenters. The molecule has 3 N–H and O–H groups in total. The summed E-state index contributed by atoms with van der Waals surface area (Å²) in [7, 11) is 0. The minimum absolute atomic E-state index is 0.194. The molecule has 0 bridgehead atoms. The van der Waals surface area contributed by atoms with Crippen LogP contribution in [0.3, 0.4) is 0 Å². The molecule has 39 heavy (non-hydrogen) atoms. The second-order valence-corrected chi connectivity index (χ2v) is 10.9. The summed E-state index contributed by atoms with van der Waals surface area (Å²) in [5, 5.41) is 14.0. The molecule has 1 aliphatic heterocycles. The molecule has 0 spiro atoms. The number of pyridine rings is 1. The number of anilines is 1. The summed E-state index contributed by atoms with van der Waals surface area (Å²) in [4.78, 5) is 35.1. The smallest absolute Gasteiger partial charge is 0.389 e. The third kappa shape index (κ3) is 7.38. The van der Waals surface area contributed by atoms with Crippen molar-refractivity contribution in [2.45, 2.75) is 77.0 Å². The Kier molecular flexibility index (Phi) is 8.85. The number of carbonyl (C=O) groups excluding carboxylic acids is 2. The maximum Gasteiger partial charge on any atom is 0.417 e. The van der Waals surface area contributed by atoms with Gasteiger partial charge in [0.15, 0.2) is 5.01 Å². The molecule has 3 heterocycles. The fourth-order valence-electron chi connectivity index (χ4n) is 4.03. The van der Waals surface area contributed by atoms with Crippen molar-refractivity contribution in [2.75, 3.05) is 18.4 Å². The van der Waals surface area contributed by atoms with Crippen molar-refractivity contribution < 1.29 is 41.0 Å². The molecule has 8 nitrogen and oxygen atoms in total. The predicted octanol–water partition coefficient (Wildman–Crippen LogP) is 5.10. The van der Waals surface area contributed by atoms with Crippen LogP contribution in [0.15, 0.2) is 12.3 Å². The Labute approximate surface area is 224 Å². The first kappa shape index (κ1) is 30.6. The van der Waals surface area contributed by atoms with Gasteiger partial charge in [-0.1, -0.05) is 6.92 Å². The van der Waals surface area contributed by atoms with E-state index in [0.29, 0.717) is 36.8 Å². The van der Waals surface area contributed by atoms with Gasteiger partial charge in [0, 0.05) is 30.9 Å². The van der Waals surface area contributed by atoms with Crippen molar-refractivity contribution >= 4 is 29.0 Å². The van der Waals surface area contributed by atoms with Crippen molar-refractivity contribution in [3.05, 3.63) is 28.5 Å². The number of aliphatic hydroxyl groups is 1. The van der Waals surface area contributed by atoms with Crippen molar-refractivity contribution in [2.24, 2.45) is 0 Å². The maximum atomic E-state index is 14.2. The standard InChI is InChI=1S/C24H29F6N5O3S/c1-5-15(24(28,29)30)33-16-9-14(23(25,26)27)13(10-31-16)18-17(21(37)35-8-6-7-12(35)2)34-20(39-18)19(36)32-11-22(3,4)38/h9-10,12,15,38H,5-8,11H2,1-4H3,(H,31,33)(H,32,36)/t12-,15+/m0/s1. The molecule has 0 aromatic carbocycles. The Bertz CT molecular complexity index is 1210. The molecular formula is C24H29F6N5O3S. The highest BCUT2D eigenvalue weighted by atomic mass is 32.1. The molecule has 2 aromatic heterocycles. The molecule has 0 radical (unpaired) electrons. The third-order valence-corrected chi connectivity index (χ3v) is 7.19. The quantitative estimate of drug-likeness (QED) is 0.375. The van der Waals surface area contributed by atoms with Crippen LogP contribution >= 0.6 is 11.3 Å². The number of likely N-dealkylation sites (tertiary alicyclic amines) is 1. The zero-order valence-electron chi connectivity index (χ0n) is 21.6. The lowest BCUT2D eigenvalue weighted by atomic mass is 10.1. The zero-order valence-corrected chi connectivity index (χ0v) is 22.4. The molecule has 1 aliphatic rings. The summed E-state index contributed by atoms with van der Waals surface area (Å²) in [5.74, 6) is -2.14. The van der Waals surface area contributed by atoms with Gasteiger partial charge in [-0.25, -0.2) is 9.97 Å². The van der Waals surface area contributed by atoms with Crippen molar-refractivity contribution in [1.82, 2.24) is 20.2 Å². The number of hydrogen-bond acceptors (Lipinski definition) is 7. The molecule has 0 saturated carbocycles. The van der Waals surface area contributed by atoms with Crippen LogP contribution in [0.25, 0.3) is 10.4 Å². The Balaban J connectivity index is 2.12. The molecule has 216 valence electrons. The first-order valence-electron chi connectivity index (χ1n) is 12.2. The van der Waals surface area contributed by atoms with Crippen molar-refractivity contribution in [3.63, 3.8) is 0 Å². The number of aromatic nitrogens is 2. The molecule has 2 aromatic rings. The maximum absolute atomic E-state index is 14.2. The van der Waals surface area contributed by atoms with Gasteiger partial charge in [-0.3, -0.25) is 9.59 Å². The van der Waals surface area contributed by atoms with E-state index in [9.17, 15) is 41.0 Å². The van der Waals surface area contributed by atoms with Gasteiger partial charge in [0.2, 0.25) is 0 Å². The summed E-state index contributed by atoms with van der Waals surface area (Å²) in [6.07, 6.45) is -8.12. The van der Waals surface area contributed by atoms with Gasteiger partial charge < -0.3 is 20.6 Å². The number of alkyl halides is 6. The monoisotopic (exact) mass is 581 g/mol. The highest BCUT2D eigenvalue weighted by Gasteiger charge is 2.41. The van der Waals surface area contributed by atoms with E-state index in [1.165, 1.54) is 25.7 Å². The number of amides is 2. The number of hydrogen-bond donors (Lipinski definition) is 3. The van der Waals surface area contributed by atoms with Crippen LogP contribution in [-0.2, 0) is 6.18 Å². The first-order valence-corrected chi connectivity index (χ1v) is 13.0.